The Bertz CT molecular complexity index is 784. The summed E-state index contributed by atoms with van der Waals surface area (Å²) >= 11 is 0. The highest BCUT2D eigenvalue weighted by Crippen LogP contribution is 2.33. The van der Waals surface area contributed by atoms with E-state index >= 15 is 0 Å². The van der Waals surface area contributed by atoms with Crippen molar-refractivity contribution in [2.24, 2.45) is 0 Å². The molecule has 1 heterocycles. The number of hydrogen-bond acceptors (Lipinski definition) is 3. The molecule has 1 aliphatic rings. The molecule has 0 bridgehead atoms. The second-order valence-corrected chi connectivity index (χ2v) is 6.49. The first-order valence-electron chi connectivity index (χ1n) is 8.23. The molecule has 3 rings (SSSR count). The molecule has 0 unspecified atom stereocenters. The molecule has 1 fully saturated rings. The van der Waals surface area contributed by atoms with Crippen molar-refractivity contribution in [3.8, 4) is 0 Å². The zero-order chi connectivity index (χ0) is 18.7. The van der Waals surface area contributed by atoms with E-state index in [-0.39, 0.29) is 12.3 Å². The van der Waals surface area contributed by atoms with Crippen LogP contribution in [-0.4, -0.2) is 24.5 Å². The Morgan fingerprint density at radius 2 is 1.88 bits per heavy atom. The topological polar surface area (TPSA) is 59.6 Å². The second-order valence-electron chi connectivity index (χ2n) is 6.49. The molecule has 2 aromatic rings. The molecule has 7 heteroatoms. The van der Waals surface area contributed by atoms with Gasteiger partial charge in [-0.25, -0.2) is 13.6 Å². The average molecular weight is 362 g/mol. The molecule has 0 spiro atoms. The molecule has 0 saturated carbocycles. The van der Waals surface area contributed by atoms with Crippen molar-refractivity contribution >= 4 is 11.7 Å². The summed E-state index contributed by atoms with van der Waals surface area (Å²) in [7, 11) is 0. The maximum absolute atomic E-state index is 13.7. The van der Waals surface area contributed by atoms with Crippen LogP contribution in [0.2, 0.25) is 0 Å². The fraction of sp³-hybridized carbons (Fsp3) is 0.316. The monoisotopic (exact) mass is 362 g/mol. The van der Waals surface area contributed by atoms with Gasteiger partial charge in [-0.1, -0.05) is 30.3 Å². The number of nitrogens with one attached hydrogen (secondary N) is 2. The number of amides is 2. The molecule has 26 heavy (non-hydrogen) atoms. The number of hydrogen-bond donors (Lipinski definition) is 2. The van der Waals surface area contributed by atoms with Crippen molar-refractivity contribution < 1.29 is 23.0 Å². The van der Waals surface area contributed by atoms with E-state index in [0.717, 1.165) is 17.7 Å². The van der Waals surface area contributed by atoms with E-state index in [0.29, 0.717) is 6.07 Å². The summed E-state index contributed by atoms with van der Waals surface area (Å²) in [4.78, 5) is 12.3. The zero-order valence-corrected chi connectivity index (χ0v) is 14.5. The van der Waals surface area contributed by atoms with E-state index in [1.165, 1.54) is 0 Å². The van der Waals surface area contributed by atoms with E-state index in [9.17, 15) is 13.6 Å². The van der Waals surface area contributed by atoms with Crippen molar-refractivity contribution in [3.63, 3.8) is 0 Å². The Labute approximate surface area is 150 Å². The Hall–Kier alpha value is -2.51. The molecule has 0 aromatic heterocycles. The molecule has 138 valence electrons. The lowest BCUT2D eigenvalue weighted by molar-refractivity contribution is -0.284. The number of carbonyl (C=O) groups excluding carboxylic acids is 1. The first kappa shape index (κ1) is 18.3. The van der Waals surface area contributed by atoms with Gasteiger partial charge in [0.25, 0.3) is 0 Å². The molecule has 2 atom stereocenters. The van der Waals surface area contributed by atoms with Crippen LogP contribution >= 0.6 is 0 Å². The van der Waals surface area contributed by atoms with Gasteiger partial charge in [-0.15, -0.1) is 0 Å². The third kappa shape index (κ3) is 4.36. The SMILES string of the molecule is CC1(C)OC[C@H](NC(=O)Nc2ccc(F)cc2F)[C@@H](c2ccccc2)O1. The molecule has 2 aromatic carbocycles. The van der Waals surface area contributed by atoms with Gasteiger partial charge in [0, 0.05) is 6.07 Å². The minimum Gasteiger partial charge on any atom is -0.348 e. The van der Waals surface area contributed by atoms with Crippen LogP contribution in [0.4, 0.5) is 19.3 Å². The average Bonchev–Trinajstić information content (AvgIpc) is 2.59. The minimum absolute atomic E-state index is 0.113. The molecule has 1 aliphatic heterocycles. The van der Waals surface area contributed by atoms with Crippen LogP contribution < -0.4 is 10.6 Å². The summed E-state index contributed by atoms with van der Waals surface area (Å²) in [6.07, 6.45) is -0.427. The van der Waals surface area contributed by atoms with Crippen LogP contribution in [0.5, 0.6) is 0 Å². The number of rotatable bonds is 3. The molecule has 0 aliphatic carbocycles. The third-order valence-corrected chi connectivity index (χ3v) is 4.01. The van der Waals surface area contributed by atoms with Crippen molar-refractivity contribution in [1.82, 2.24) is 5.32 Å². The van der Waals surface area contributed by atoms with Crippen LogP contribution in [0.1, 0.15) is 25.5 Å². The van der Waals surface area contributed by atoms with Crippen molar-refractivity contribution in [2.75, 3.05) is 11.9 Å². The predicted molar refractivity (Wildman–Crippen MR) is 92.6 cm³/mol. The molecule has 5 nitrogen and oxygen atoms in total. The van der Waals surface area contributed by atoms with E-state index in [1.807, 2.05) is 30.3 Å². The Balaban J connectivity index is 1.73. The Kier molecular flexibility index (Phi) is 5.20. The normalized spacial score (nSPS) is 21.8. The van der Waals surface area contributed by atoms with Gasteiger partial charge < -0.3 is 20.1 Å². The quantitative estimate of drug-likeness (QED) is 0.868. The van der Waals surface area contributed by atoms with E-state index < -0.39 is 35.6 Å². The van der Waals surface area contributed by atoms with Crippen molar-refractivity contribution in [1.29, 1.82) is 0 Å². The molecule has 1 saturated heterocycles. The lowest BCUT2D eigenvalue weighted by atomic mass is 10.0. The smallest absolute Gasteiger partial charge is 0.319 e. The Morgan fingerprint density at radius 3 is 2.58 bits per heavy atom. The molecule has 2 N–H and O–H groups in total. The highest BCUT2D eigenvalue weighted by molar-refractivity contribution is 5.89. The molecular weight excluding hydrogens is 342 g/mol. The fourth-order valence-electron chi connectivity index (χ4n) is 2.78. The lowest BCUT2D eigenvalue weighted by Crippen LogP contribution is -2.52. The number of urea groups is 1. The lowest BCUT2D eigenvalue weighted by Gasteiger charge is -2.41. The largest absolute Gasteiger partial charge is 0.348 e. The number of carbonyl (C=O) groups is 1. The van der Waals surface area contributed by atoms with Gasteiger partial charge in [-0.05, 0) is 31.5 Å². The van der Waals surface area contributed by atoms with E-state index in [1.54, 1.807) is 13.8 Å². The zero-order valence-electron chi connectivity index (χ0n) is 14.5. The van der Waals surface area contributed by atoms with Crippen LogP contribution in [0.25, 0.3) is 0 Å². The fourth-order valence-corrected chi connectivity index (χ4v) is 2.78. The van der Waals surface area contributed by atoms with Gasteiger partial charge >= 0.3 is 6.03 Å². The number of halogens is 2. The molecule has 0 radical (unpaired) electrons. The standard InChI is InChI=1S/C19H20F2N2O3/c1-19(2)25-11-16(17(26-19)12-6-4-3-5-7-12)23-18(24)22-15-9-8-13(20)10-14(15)21/h3-10,16-17H,11H2,1-2H3,(H2,22,23,24)/t16-,17+/m0/s1. The first-order valence-corrected chi connectivity index (χ1v) is 8.23. The van der Waals surface area contributed by atoms with Gasteiger partial charge in [0.05, 0.1) is 18.3 Å². The minimum atomic E-state index is -0.850. The van der Waals surface area contributed by atoms with Crippen LogP contribution in [0.3, 0.4) is 0 Å². The summed E-state index contributed by atoms with van der Waals surface area (Å²) in [5, 5.41) is 5.11. The summed E-state index contributed by atoms with van der Waals surface area (Å²) in [6.45, 7) is 3.83. The van der Waals surface area contributed by atoms with Gasteiger partial charge in [0.15, 0.2) is 5.79 Å². The molecular formula is C19H20F2N2O3. The van der Waals surface area contributed by atoms with Crippen LogP contribution in [0.15, 0.2) is 48.5 Å². The summed E-state index contributed by atoms with van der Waals surface area (Å²) < 4.78 is 38.3. The van der Waals surface area contributed by atoms with Crippen molar-refractivity contribution in [3.05, 3.63) is 65.7 Å². The van der Waals surface area contributed by atoms with Gasteiger partial charge in [-0.3, -0.25) is 0 Å². The molecule has 2 amide bonds. The summed E-state index contributed by atoms with van der Waals surface area (Å²) in [5.41, 5.74) is 0.778. The number of ether oxygens (including phenoxy) is 2. The number of anilines is 1. The van der Waals surface area contributed by atoms with Crippen LogP contribution in [0, 0.1) is 11.6 Å². The summed E-state index contributed by atoms with van der Waals surface area (Å²) in [6, 6.07) is 11.3. The first-order chi connectivity index (χ1) is 12.3. The van der Waals surface area contributed by atoms with Crippen molar-refractivity contribution in [2.45, 2.75) is 31.8 Å². The van der Waals surface area contributed by atoms with Gasteiger partial charge in [0.2, 0.25) is 0 Å². The van der Waals surface area contributed by atoms with Crippen LogP contribution in [-0.2, 0) is 9.47 Å². The predicted octanol–water partition coefficient (Wildman–Crippen LogP) is 3.98. The Morgan fingerprint density at radius 1 is 1.15 bits per heavy atom. The van der Waals surface area contributed by atoms with Gasteiger partial charge in [-0.2, -0.15) is 0 Å². The van der Waals surface area contributed by atoms with E-state index in [4.69, 9.17) is 9.47 Å². The number of benzene rings is 2. The highest BCUT2D eigenvalue weighted by atomic mass is 19.1. The van der Waals surface area contributed by atoms with E-state index in [2.05, 4.69) is 10.6 Å². The maximum Gasteiger partial charge on any atom is 0.319 e. The maximum atomic E-state index is 13.7. The third-order valence-electron chi connectivity index (χ3n) is 4.01. The summed E-state index contributed by atoms with van der Waals surface area (Å²) in [5.74, 6) is -2.36. The highest BCUT2D eigenvalue weighted by Gasteiger charge is 2.38. The second kappa shape index (κ2) is 7.39. The van der Waals surface area contributed by atoms with Gasteiger partial charge in [0.1, 0.15) is 17.7 Å².